The van der Waals surface area contributed by atoms with Crippen LogP contribution in [-0.4, -0.2) is 42.8 Å². The van der Waals surface area contributed by atoms with Gasteiger partial charge in [0.15, 0.2) is 12.3 Å². The minimum atomic E-state index is -3.97. The van der Waals surface area contributed by atoms with Gasteiger partial charge in [-0.2, -0.15) is 0 Å². The molecule has 0 unspecified atom stereocenters. The molecule has 154 valence electrons. The van der Waals surface area contributed by atoms with Crippen LogP contribution in [0.3, 0.4) is 0 Å². The van der Waals surface area contributed by atoms with E-state index in [9.17, 15) is 22.8 Å². The van der Waals surface area contributed by atoms with Gasteiger partial charge < -0.3 is 10.1 Å². The number of aromatic nitrogens is 2. The summed E-state index contributed by atoms with van der Waals surface area (Å²) in [7, 11) is -3.97. The van der Waals surface area contributed by atoms with E-state index in [2.05, 4.69) is 15.3 Å². The van der Waals surface area contributed by atoms with Crippen molar-refractivity contribution in [3.63, 3.8) is 0 Å². The van der Waals surface area contributed by atoms with E-state index < -0.39 is 34.4 Å². The van der Waals surface area contributed by atoms with Gasteiger partial charge in [0.1, 0.15) is 0 Å². The number of carbonyl (C=O) groups is 3. The van der Waals surface area contributed by atoms with Crippen LogP contribution in [0.2, 0.25) is 0 Å². The summed E-state index contributed by atoms with van der Waals surface area (Å²) in [6.07, 6.45) is 1.26. The average molecular weight is 428 g/mol. The lowest BCUT2D eigenvalue weighted by atomic mass is 10.3. The van der Waals surface area contributed by atoms with Crippen LogP contribution < -0.4 is 10.0 Å². The Hall–Kier alpha value is -3.86. The summed E-state index contributed by atoms with van der Waals surface area (Å²) in [4.78, 5) is 43.1. The van der Waals surface area contributed by atoms with Crippen LogP contribution in [0, 0.1) is 0 Å². The molecular formula is C19H16N4O6S. The number of benzene rings is 2. The molecule has 3 aromatic rings. The highest BCUT2D eigenvalue weighted by Gasteiger charge is 2.16. The number of para-hydroxylation sites is 2. The second-order valence-electron chi connectivity index (χ2n) is 6.05. The molecule has 0 atom stereocenters. The van der Waals surface area contributed by atoms with Crippen molar-refractivity contribution in [2.45, 2.75) is 11.8 Å². The number of amides is 2. The van der Waals surface area contributed by atoms with Gasteiger partial charge in [0.2, 0.25) is 5.91 Å². The number of fused-ring (bicyclic) bond motifs is 1. The molecule has 0 aliphatic rings. The zero-order chi connectivity index (χ0) is 21.7. The van der Waals surface area contributed by atoms with E-state index in [1.165, 1.54) is 30.5 Å². The number of esters is 1. The molecule has 0 saturated heterocycles. The van der Waals surface area contributed by atoms with Crippen LogP contribution in [-0.2, 0) is 24.3 Å². The summed E-state index contributed by atoms with van der Waals surface area (Å²) in [5.41, 5.74) is 1.39. The summed E-state index contributed by atoms with van der Waals surface area (Å²) >= 11 is 0. The molecule has 0 bridgehead atoms. The predicted molar refractivity (Wildman–Crippen MR) is 106 cm³/mol. The molecule has 0 saturated carbocycles. The second kappa shape index (κ2) is 8.66. The maximum absolute atomic E-state index is 12.1. The molecule has 30 heavy (non-hydrogen) atoms. The van der Waals surface area contributed by atoms with Crippen LogP contribution in [0.1, 0.15) is 17.4 Å². The van der Waals surface area contributed by atoms with Gasteiger partial charge in [0.05, 0.1) is 22.1 Å². The van der Waals surface area contributed by atoms with Gasteiger partial charge >= 0.3 is 5.97 Å². The maximum Gasteiger partial charge on any atom is 0.359 e. The van der Waals surface area contributed by atoms with Gasteiger partial charge in [0, 0.05) is 12.6 Å². The zero-order valence-electron chi connectivity index (χ0n) is 15.7. The van der Waals surface area contributed by atoms with Crippen molar-refractivity contribution in [1.82, 2.24) is 14.7 Å². The van der Waals surface area contributed by atoms with Crippen molar-refractivity contribution in [2.24, 2.45) is 0 Å². The summed E-state index contributed by atoms with van der Waals surface area (Å²) in [5, 5.41) is 2.46. The number of sulfonamides is 1. The van der Waals surface area contributed by atoms with Crippen LogP contribution in [0.5, 0.6) is 0 Å². The highest BCUT2D eigenvalue weighted by Crippen LogP contribution is 2.14. The molecule has 2 N–H and O–H groups in total. The summed E-state index contributed by atoms with van der Waals surface area (Å²) < 4.78 is 30.5. The molecular weight excluding hydrogens is 412 g/mol. The fourth-order valence-corrected chi connectivity index (χ4v) is 3.41. The maximum atomic E-state index is 12.1. The van der Waals surface area contributed by atoms with Crippen molar-refractivity contribution in [3.8, 4) is 0 Å². The first-order chi connectivity index (χ1) is 14.2. The van der Waals surface area contributed by atoms with Crippen LogP contribution in [0.25, 0.3) is 11.0 Å². The molecule has 1 heterocycles. The van der Waals surface area contributed by atoms with Crippen molar-refractivity contribution in [2.75, 3.05) is 11.9 Å². The topological polar surface area (TPSA) is 144 Å². The fourth-order valence-electron chi connectivity index (χ4n) is 2.42. The van der Waals surface area contributed by atoms with Crippen molar-refractivity contribution < 1.29 is 27.5 Å². The van der Waals surface area contributed by atoms with Crippen LogP contribution >= 0.6 is 0 Å². The molecule has 0 radical (unpaired) electrons. The lowest BCUT2D eigenvalue weighted by Crippen LogP contribution is -2.28. The third-order valence-electron chi connectivity index (χ3n) is 3.72. The Morgan fingerprint density at radius 2 is 1.67 bits per heavy atom. The lowest BCUT2D eigenvalue weighted by molar-refractivity contribution is -0.119. The fraction of sp³-hybridized carbons (Fsp3) is 0.105. The van der Waals surface area contributed by atoms with Gasteiger partial charge in [-0.05, 0) is 36.4 Å². The minimum absolute atomic E-state index is 0.0333. The largest absolute Gasteiger partial charge is 0.451 e. The molecule has 11 heteroatoms. The highest BCUT2D eigenvalue weighted by atomic mass is 32.2. The number of nitrogens with zero attached hydrogens (tertiary/aromatic N) is 2. The third-order valence-corrected chi connectivity index (χ3v) is 5.17. The molecule has 3 rings (SSSR count). The molecule has 0 fully saturated rings. The minimum Gasteiger partial charge on any atom is -0.451 e. The van der Waals surface area contributed by atoms with Crippen LogP contribution in [0.15, 0.2) is 59.6 Å². The standard InChI is InChI=1S/C19H16N4O6S/c1-12(24)23-30(27,28)14-8-6-13(7-9-14)21-18(25)11-29-19(26)17-10-20-15-4-2-3-5-16(15)22-17/h2-10H,11H2,1H3,(H,21,25)(H,23,24). The average Bonchev–Trinajstić information content (AvgIpc) is 2.71. The second-order valence-corrected chi connectivity index (χ2v) is 7.74. The molecule has 2 aromatic carbocycles. The normalized spacial score (nSPS) is 11.0. The zero-order valence-corrected chi connectivity index (χ0v) is 16.5. The number of hydrogen-bond acceptors (Lipinski definition) is 8. The van der Waals surface area contributed by atoms with Crippen molar-refractivity contribution in [3.05, 3.63) is 60.4 Å². The monoisotopic (exact) mass is 428 g/mol. The van der Waals surface area contributed by atoms with E-state index in [1.807, 2.05) is 4.72 Å². The van der Waals surface area contributed by atoms with Gasteiger partial charge in [-0.25, -0.2) is 22.9 Å². The SMILES string of the molecule is CC(=O)NS(=O)(=O)c1ccc(NC(=O)COC(=O)c2cnc3ccccc3n2)cc1. The van der Waals surface area contributed by atoms with E-state index in [0.717, 1.165) is 6.92 Å². The molecule has 0 aliphatic carbocycles. The summed E-state index contributed by atoms with van der Waals surface area (Å²) in [6, 6.07) is 12.1. The number of nitrogens with one attached hydrogen (secondary N) is 2. The molecule has 2 amide bonds. The van der Waals surface area contributed by atoms with Gasteiger partial charge in [0.25, 0.3) is 15.9 Å². The molecule has 0 aliphatic heterocycles. The lowest BCUT2D eigenvalue weighted by Gasteiger charge is -2.08. The Kier molecular flexibility index (Phi) is 6.02. The van der Waals surface area contributed by atoms with Crippen LogP contribution in [0.4, 0.5) is 5.69 Å². The van der Waals surface area contributed by atoms with E-state index in [0.29, 0.717) is 11.0 Å². The Bertz CT molecular complexity index is 1230. The summed E-state index contributed by atoms with van der Waals surface area (Å²) in [5.74, 6) is -2.15. The number of hydrogen-bond donors (Lipinski definition) is 2. The van der Waals surface area contributed by atoms with E-state index in [1.54, 1.807) is 24.3 Å². The first-order valence-electron chi connectivity index (χ1n) is 8.57. The highest BCUT2D eigenvalue weighted by molar-refractivity contribution is 7.90. The van der Waals surface area contributed by atoms with Crippen molar-refractivity contribution in [1.29, 1.82) is 0 Å². The predicted octanol–water partition coefficient (Wildman–Crippen LogP) is 1.25. The molecule has 0 spiro atoms. The first kappa shape index (κ1) is 20.9. The Balaban J connectivity index is 1.57. The summed E-state index contributed by atoms with van der Waals surface area (Å²) in [6.45, 7) is 0.510. The van der Waals surface area contributed by atoms with Gasteiger partial charge in [-0.15, -0.1) is 0 Å². The first-order valence-corrected chi connectivity index (χ1v) is 10.0. The number of anilines is 1. The number of rotatable bonds is 6. The van der Waals surface area contributed by atoms with Crippen molar-refractivity contribution >= 4 is 44.5 Å². The Labute approximate surface area is 171 Å². The smallest absolute Gasteiger partial charge is 0.359 e. The third kappa shape index (κ3) is 5.14. The number of carbonyl (C=O) groups excluding carboxylic acids is 3. The van der Waals surface area contributed by atoms with E-state index in [4.69, 9.17) is 4.74 Å². The van der Waals surface area contributed by atoms with Gasteiger partial charge in [-0.1, -0.05) is 12.1 Å². The Morgan fingerprint density at radius 1 is 1.00 bits per heavy atom. The molecule has 10 nitrogen and oxygen atoms in total. The van der Waals surface area contributed by atoms with E-state index >= 15 is 0 Å². The molecule has 1 aromatic heterocycles. The quantitative estimate of drug-likeness (QED) is 0.558. The van der Waals surface area contributed by atoms with E-state index in [-0.39, 0.29) is 16.3 Å². The Morgan fingerprint density at radius 3 is 2.33 bits per heavy atom. The van der Waals surface area contributed by atoms with Gasteiger partial charge in [-0.3, -0.25) is 14.6 Å². The number of ether oxygens (including phenoxy) is 1.